The van der Waals surface area contributed by atoms with E-state index in [1.165, 1.54) is 0 Å². The molecule has 0 heterocycles. The number of hydrogen-bond acceptors (Lipinski definition) is 3. The van der Waals surface area contributed by atoms with Crippen molar-refractivity contribution in [2.24, 2.45) is 5.84 Å². The van der Waals surface area contributed by atoms with Crippen LogP contribution in [0.4, 0.5) is 4.79 Å². The van der Waals surface area contributed by atoms with Gasteiger partial charge in [-0.05, 0) is 0 Å². The topological polar surface area (TPSA) is 72.2 Å². The van der Waals surface area contributed by atoms with Crippen molar-refractivity contribution in [2.45, 2.75) is 0 Å². The van der Waals surface area contributed by atoms with E-state index in [0.717, 1.165) is 0 Å². The smallest absolute Gasteiger partial charge is 0.310 e. The average molecular weight is 99.9 g/mol. The first-order valence-electron chi connectivity index (χ1n) is 1.74. The molecule has 0 atom stereocenters. The summed E-state index contributed by atoms with van der Waals surface area (Å²) in [7, 11) is -0.156. The van der Waals surface area contributed by atoms with Gasteiger partial charge in [0.05, 0.1) is 6.19 Å². The number of carbonyl (C=O) groups is 2. The van der Waals surface area contributed by atoms with Crippen molar-refractivity contribution >= 4 is 19.3 Å². The standard InChI is InChI=1S/C2H5BN2O2/c4-5-2(7)3-1-6/h1,3H,4H2,(H,5,7). The second-order valence-corrected chi connectivity index (χ2v) is 0.938. The van der Waals surface area contributed by atoms with Crippen LogP contribution in [0.15, 0.2) is 0 Å². The Morgan fingerprint density at radius 2 is 2.43 bits per heavy atom. The average Bonchev–Trinajstić information content (AvgIpc) is 1.68. The summed E-state index contributed by atoms with van der Waals surface area (Å²) in [5.41, 5.74) is 1.80. The van der Waals surface area contributed by atoms with E-state index < -0.39 is 5.81 Å². The highest BCUT2D eigenvalue weighted by molar-refractivity contribution is 6.92. The van der Waals surface area contributed by atoms with E-state index in [0.29, 0.717) is 6.19 Å². The van der Waals surface area contributed by atoms with E-state index in [2.05, 4.69) is 5.84 Å². The summed E-state index contributed by atoms with van der Waals surface area (Å²) in [6.07, 6.45) is 0.488. The lowest BCUT2D eigenvalue weighted by Crippen LogP contribution is -2.33. The predicted molar refractivity (Wildman–Crippen MR) is 26.6 cm³/mol. The largest absolute Gasteiger partial charge is 0.314 e. The summed E-state index contributed by atoms with van der Waals surface area (Å²) in [6, 6.07) is 0. The van der Waals surface area contributed by atoms with Crippen molar-refractivity contribution in [3.63, 3.8) is 0 Å². The second kappa shape index (κ2) is 3.36. The number of amides is 1. The minimum atomic E-state index is -0.463. The summed E-state index contributed by atoms with van der Waals surface area (Å²) in [4.78, 5) is 19.4. The highest BCUT2D eigenvalue weighted by Gasteiger charge is 1.95. The van der Waals surface area contributed by atoms with E-state index in [1.54, 1.807) is 5.43 Å². The lowest BCUT2D eigenvalue weighted by Gasteiger charge is -1.85. The Hall–Kier alpha value is -0.835. The van der Waals surface area contributed by atoms with Crippen LogP contribution in [0.3, 0.4) is 0 Å². The minimum absolute atomic E-state index is 0.156. The molecule has 4 nitrogen and oxygen atoms in total. The maximum Gasteiger partial charge on any atom is 0.310 e. The minimum Gasteiger partial charge on any atom is -0.314 e. The first-order chi connectivity index (χ1) is 3.31. The Balaban J connectivity index is 3.17. The van der Waals surface area contributed by atoms with Gasteiger partial charge < -0.3 is 10.2 Å². The predicted octanol–water partition coefficient (Wildman–Crippen LogP) is -1.80. The van der Waals surface area contributed by atoms with E-state index in [4.69, 9.17) is 0 Å². The first-order valence-corrected chi connectivity index (χ1v) is 1.74. The van der Waals surface area contributed by atoms with Crippen LogP contribution in [0, 0.1) is 0 Å². The van der Waals surface area contributed by atoms with Gasteiger partial charge in [-0.3, -0.25) is 4.79 Å². The number of hydrazine groups is 1. The quantitative estimate of drug-likeness (QED) is 0.141. The molecule has 0 aromatic carbocycles. The van der Waals surface area contributed by atoms with Crippen molar-refractivity contribution in [3.8, 4) is 0 Å². The van der Waals surface area contributed by atoms with Gasteiger partial charge in [0.15, 0.2) is 5.81 Å². The summed E-state index contributed by atoms with van der Waals surface area (Å²) < 4.78 is 0. The Kier molecular flexibility index (Phi) is 2.96. The molecule has 0 unspecified atom stereocenters. The summed E-state index contributed by atoms with van der Waals surface area (Å²) in [5.74, 6) is 4.14. The van der Waals surface area contributed by atoms with Crippen LogP contribution >= 0.6 is 0 Å². The van der Waals surface area contributed by atoms with Crippen LogP contribution in [-0.4, -0.2) is 19.3 Å². The Bertz CT molecular complexity index is 83.8. The van der Waals surface area contributed by atoms with Crippen LogP contribution in [-0.2, 0) is 4.79 Å². The van der Waals surface area contributed by atoms with Crippen LogP contribution in [0.5, 0.6) is 0 Å². The number of nitrogens with two attached hydrogens (primary N) is 1. The van der Waals surface area contributed by atoms with Crippen LogP contribution in [0.25, 0.3) is 0 Å². The molecule has 7 heavy (non-hydrogen) atoms. The molecular weight excluding hydrogens is 94.8 g/mol. The van der Waals surface area contributed by atoms with Gasteiger partial charge in [0.25, 0.3) is 0 Å². The molecule has 0 aliphatic rings. The van der Waals surface area contributed by atoms with Crippen molar-refractivity contribution in [1.29, 1.82) is 0 Å². The van der Waals surface area contributed by atoms with Crippen LogP contribution in [0.1, 0.15) is 0 Å². The van der Waals surface area contributed by atoms with E-state index in [9.17, 15) is 9.59 Å². The van der Waals surface area contributed by atoms with Gasteiger partial charge >= 0.3 is 7.28 Å². The van der Waals surface area contributed by atoms with Crippen LogP contribution < -0.4 is 11.3 Å². The summed E-state index contributed by atoms with van der Waals surface area (Å²) >= 11 is 0. The second-order valence-electron chi connectivity index (χ2n) is 0.938. The Morgan fingerprint density at radius 1 is 1.86 bits per heavy atom. The zero-order valence-corrected chi connectivity index (χ0v) is 3.68. The zero-order valence-electron chi connectivity index (χ0n) is 3.68. The highest BCUT2D eigenvalue weighted by Crippen LogP contribution is 1.54. The normalized spacial score (nSPS) is 7.00. The maximum atomic E-state index is 9.94. The lowest BCUT2D eigenvalue weighted by atomic mass is 9.81. The molecule has 3 N–H and O–H groups in total. The fourth-order valence-corrected chi connectivity index (χ4v) is 0.135. The number of rotatable bonds is 2. The third-order valence-electron chi connectivity index (χ3n) is 0.430. The van der Waals surface area contributed by atoms with Crippen molar-refractivity contribution < 1.29 is 9.59 Å². The number of nitrogens with one attached hydrogen (secondary N) is 1. The van der Waals surface area contributed by atoms with Gasteiger partial charge in [-0.25, -0.2) is 5.84 Å². The van der Waals surface area contributed by atoms with Gasteiger partial charge in [-0.1, -0.05) is 0 Å². The van der Waals surface area contributed by atoms with Gasteiger partial charge in [0.1, 0.15) is 0 Å². The molecule has 0 aromatic rings. The van der Waals surface area contributed by atoms with Crippen LogP contribution in [0.2, 0.25) is 0 Å². The molecule has 0 rings (SSSR count). The van der Waals surface area contributed by atoms with Gasteiger partial charge in [0, 0.05) is 0 Å². The zero-order chi connectivity index (χ0) is 5.70. The van der Waals surface area contributed by atoms with Crippen molar-refractivity contribution in [3.05, 3.63) is 0 Å². The maximum absolute atomic E-state index is 9.94. The summed E-state index contributed by atoms with van der Waals surface area (Å²) in [5, 5.41) is 0. The van der Waals surface area contributed by atoms with E-state index in [-0.39, 0.29) is 7.28 Å². The molecule has 38 valence electrons. The SMILES string of the molecule is NNC(=O)BC=O. The van der Waals surface area contributed by atoms with Gasteiger partial charge in [-0.15, -0.1) is 0 Å². The fraction of sp³-hybridized carbons (Fsp3) is 0. The van der Waals surface area contributed by atoms with Crippen molar-refractivity contribution in [1.82, 2.24) is 5.43 Å². The molecule has 0 aliphatic heterocycles. The highest BCUT2D eigenvalue weighted by atomic mass is 16.2. The molecule has 0 radical (unpaired) electrons. The number of carbonyl (C=O) groups excluding carboxylic acids is 2. The Labute approximate surface area is 41.3 Å². The molecular formula is C2H5BN2O2. The van der Waals surface area contributed by atoms with Gasteiger partial charge in [0.2, 0.25) is 0 Å². The molecule has 5 heteroatoms. The third kappa shape index (κ3) is 2.98. The van der Waals surface area contributed by atoms with Gasteiger partial charge in [-0.2, -0.15) is 0 Å². The fourth-order valence-electron chi connectivity index (χ4n) is 0.135. The molecule has 0 aliphatic carbocycles. The molecule has 0 saturated heterocycles. The Morgan fingerprint density at radius 3 is 2.57 bits per heavy atom. The molecule has 0 fully saturated rings. The molecule has 0 spiro atoms. The third-order valence-corrected chi connectivity index (χ3v) is 0.430. The molecule has 0 saturated carbocycles. The molecule has 1 amide bonds. The number of hydrogen-bond donors (Lipinski definition) is 2. The monoisotopic (exact) mass is 100 g/mol. The molecule has 0 bridgehead atoms. The lowest BCUT2D eigenvalue weighted by molar-refractivity contribution is 0.259. The first kappa shape index (κ1) is 6.16. The summed E-state index contributed by atoms with van der Waals surface area (Å²) in [6.45, 7) is 0. The van der Waals surface area contributed by atoms with Crippen molar-refractivity contribution in [2.75, 3.05) is 0 Å². The van der Waals surface area contributed by atoms with E-state index >= 15 is 0 Å². The molecule has 0 aromatic heterocycles. The van der Waals surface area contributed by atoms with E-state index in [1.807, 2.05) is 0 Å².